The summed E-state index contributed by atoms with van der Waals surface area (Å²) in [6.07, 6.45) is 2.97. The van der Waals surface area contributed by atoms with E-state index in [-0.39, 0.29) is 24.3 Å². The molecule has 1 saturated heterocycles. The number of aromatic nitrogens is 1. The topological polar surface area (TPSA) is 72.9 Å². The minimum Gasteiger partial charge on any atom is -0.476 e. The van der Waals surface area contributed by atoms with Crippen molar-refractivity contribution in [1.29, 1.82) is 0 Å². The maximum atomic E-state index is 13.1. The number of alkyl halides is 1. The van der Waals surface area contributed by atoms with Gasteiger partial charge >= 0.3 is 0 Å². The Labute approximate surface area is 174 Å². The predicted octanol–water partition coefficient (Wildman–Crippen LogP) is 2.79. The minimum atomic E-state index is -3.25. The van der Waals surface area contributed by atoms with E-state index in [0.717, 1.165) is 31.6 Å². The van der Waals surface area contributed by atoms with Gasteiger partial charge in [-0.1, -0.05) is 13.8 Å². The van der Waals surface area contributed by atoms with Crippen molar-refractivity contribution < 1.29 is 26.1 Å². The van der Waals surface area contributed by atoms with Crippen molar-refractivity contribution in [2.24, 2.45) is 11.8 Å². The number of methoxy groups -OCH3 is 1. The summed E-state index contributed by atoms with van der Waals surface area (Å²) in [6.45, 7) is 2.44. The van der Waals surface area contributed by atoms with Gasteiger partial charge in [-0.05, 0) is 43.2 Å². The molecule has 7 nitrogen and oxygen atoms in total. The lowest BCUT2D eigenvalue weighted by molar-refractivity contribution is 0.0385. The van der Waals surface area contributed by atoms with Crippen LogP contribution in [0, 0.1) is 11.8 Å². The van der Waals surface area contributed by atoms with Gasteiger partial charge in [0.15, 0.2) is 6.81 Å². The molecule has 1 atom stereocenters. The van der Waals surface area contributed by atoms with Crippen LogP contribution in [0.25, 0.3) is 0 Å². The van der Waals surface area contributed by atoms with Gasteiger partial charge < -0.3 is 24.4 Å². The standard InChI is InChI=1S/C21H32FN3O4/c1-14(2)8-16(12-28-13-22)23-20(26)18-6-7-19(25-9-17(10-25)27-3)21(24-18)29-11-15-4-5-15/h6-7,14-17H,4-5,8-13H2,1-3H3,(H,23,26)/i13D2. The average molecular weight is 412 g/mol. The summed E-state index contributed by atoms with van der Waals surface area (Å²) in [7, 11) is 1.68. The molecule has 0 radical (unpaired) electrons. The van der Waals surface area contributed by atoms with Crippen molar-refractivity contribution in [3.63, 3.8) is 0 Å². The zero-order valence-electron chi connectivity index (χ0n) is 19.3. The van der Waals surface area contributed by atoms with Crippen LogP contribution in [0.5, 0.6) is 5.88 Å². The second-order valence-electron chi connectivity index (χ2n) is 8.23. The van der Waals surface area contributed by atoms with Crippen LogP contribution < -0.4 is 15.0 Å². The van der Waals surface area contributed by atoms with Crippen molar-refractivity contribution in [3.8, 4) is 5.88 Å². The normalized spacial score (nSPS) is 19.4. The molecule has 1 amide bonds. The minimum absolute atomic E-state index is 0.174. The molecule has 3 rings (SSSR count). The fraction of sp³-hybridized carbons (Fsp3) is 0.714. The number of ether oxygens (including phenoxy) is 3. The molecular weight excluding hydrogens is 377 g/mol. The Bertz CT molecular complexity index is 753. The molecule has 29 heavy (non-hydrogen) atoms. The third kappa shape index (κ3) is 6.27. The van der Waals surface area contributed by atoms with Gasteiger partial charge in [0, 0.05) is 20.2 Å². The van der Waals surface area contributed by atoms with Gasteiger partial charge in [0.25, 0.3) is 5.91 Å². The number of rotatable bonds is 12. The number of amides is 1. The molecule has 1 aliphatic heterocycles. The fourth-order valence-electron chi connectivity index (χ4n) is 3.30. The number of halogens is 1. The lowest BCUT2D eigenvalue weighted by Crippen LogP contribution is -2.52. The van der Waals surface area contributed by atoms with E-state index in [1.54, 1.807) is 13.2 Å². The molecule has 0 aromatic carbocycles. The molecule has 1 aliphatic carbocycles. The molecule has 2 fully saturated rings. The number of carbonyl (C=O) groups is 1. The Kier molecular flexibility index (Phi) is 6.71. The lowest BCUT2D eigenvalue weighted by Gasteiger charge is -2.40. The van der Waals surface area contributed by atoms with Gasteiger partial charge in [-0.15, -0.1) is 0 Å². The van der Waals surface area contributed by atoms with E-state index in [1.807, 2.05) is 19.9 Å². The Morgan fingerprint density at radius 3 is 2.79 bits per heavy atom. The van der Waals surface area contributed by atoms with Crippen LogP contribution in [0.2, 0.25) is 0 Å². The number of nitrogens with zero attached hydrogens (tertiary/aromatic N) is 2. The zero-order valence-corrected chi connectivity index (χ0v) is 17.3. The van der Waals surface area contributed by atoms with E-state index < -0.39 is 18.8 Å². The molecule has 1 N–H and O–H groups in total. The third-order valence-electron chi connectivity index (χ3n) is 5.18. The van der Waals surface area contributed by atoms with Crippen LogP contribution >= 0.6 is 0 Å². The van der Waals surface area contributed by atoms with Crippen LogP contribution in [-0.4, -0.2) is 63.3 Å². The highest BCUT2D eigenvalue weighted by Crippen LogP contribution is 2.34. The highest BCUT2D eigenvalue weighted by atomic mass is 19.1. The lowest BCUT2D eigenvalue weighted by atomic mass is 10.0. The first-order valence-corrected chi connectivity index (χ1v) is 10.2. The number of anilines is 1. The molecule has 1 unspecified atom stereocenters. The molecule has 0 spiro atoms. The Morgan fingerprint density at radius 1 is 1.41 bits per heavy atom. The summed E-state index contributed by atoms with van der Waals surface area (Å²) in [6, 6.07) is 2.91. The second kappa shape index (κ2) is 10.2. The Morgan fingerprint density at radius 2 is 2.17 bits per heavy atom. The molecule has 1 aromatic rings. The molecular formula is C21H32FN3O4. The second-order valence-corrected chi connectivity index (χ2v) is 8.23. The summed E-state index contributed by atoms with van der Waals surface area (Å²) in [4.78, 5) is 19.4. The SMILES string of the molecule is [2H]C([2H])(F)OCC(CC(C)C)NC(=O)c1ccc(N2CC(OC)C2)c(OCC2CC2)n1. The van der Waals surface area contributed by atoms with E-state index >= 15 is 0 Å². The zero-order chi connectivity index (χ0) is 22.6. The van der Waals surface area contributed by atoms with Gasteiger partial charge in [0.1, 0.15) is 11.4 Å². The smallest absolute Gasteiger partial charge is 0.270 e. The molecule has 2 heterocycles. The van der Waals surface area contributed by atoms with Gasteiger partial charge in [-0.25, -0.2) is 9.37 Å². The number of nitrogens with one attached hydrogen (secondary N) is 1. The summed E-state index contributed by atoms with van der Waals surface area (Å²) >= 11 is 0. The first-order chi connectivity index (χ1) is 14.6. The maximum absolute atomic E-state index is 13.1. The third-order valence-corrected chi connectivity index (χ3v) is 5.18. The van der Waals surface area contributed by atoms with E-state index in [9.17, 15) is 9.18 Å². The summed E-state index contributed by atoms with van der Waals surface area (Å²) < 4.78 is 42.8. The monoisotopic (exact) mass is 411 g/mol. The Balaban J connectivity index is 1.70. The highest BCUT2D eigenvalue weighted by molar-refractivity contribution is 5.93. The van der Waals surface area contributed by atoms with Crippen molar-refractivity contribution in [2.45, 2.75) is 45.3 Å². The first-order valence-electron chi connectivity index (χ1n) is 11.2. The van der Waals surface area contributed by atoms with Gasteiger partial charge in [-0.3, -0.25) is 4.79 Å². The van der Waals surface area contributed by atoms with Crippen LogP contribution in [-0.2, 0) is 9.47 Å². The largest absolute Gasteiger partial charge is 0.476 e. The van der Waals surface area contributed by atoms with Gasteiger partial charge in [-0.2, -0.15) is 0 Å². The Hall–Kier alpha value is -1.93. The van der Waals surface area contributed by atoms with Crippen LogP contribution in [0.15, 0.2) is 12.1 Å². The summed E-state index contributed by atoms with van der Waals surface area (Å²) in [5, 5.41) is 2.79. The van der Waals surface area contributed by atoms with E-state index in [4.69, 9.17) is 12.2 Å². The van der Waals surface area contributed by atoms with Gasteiger partial charge in [0.2, 0.25) is 5.88 Å². The maximum Gasteiger partial charge on any atom is 0.270 e. The number of carbonyl (C=O) groups excluding carboxylic acids is 1. The van der Waals surface area contributed by atoms with E-state index in [1.165, 1.54) is 0 Å². The van der Waals surface area contributed by atoms with E-state index in [2.05, 4.69) is 19.9 Å². The molecule has 1 saturated carbocycles. The number of hydrogen-bond acceptors (Lipinski definition) is 6. The highest BCUT2D eigenvalue weighted by Gasteiger charge is 2.31. The summed E-state index contributed by atoms with van der Waals surface area (Å²) in [5.74, 6) is 0.728. The van der Waals surface area contributed by atoms with Crippen LogP contribution in [0.1, 0.15) is 46.3 Å². The molecule has 2 aliphatic rings. The molecule has 1 aromatic heterocycles. The van der Waals surface area contributed by atoms with Crippen molar-refractivity contribution in [2.75, 3.05) is 45.1 Å². The van der Waals surface area contributed by atoms with Crippen LogP contribution in [0.3, 0.4) is 0 Å². The summed E-state index contributed by atoms with van der Waals surface area (Å²) in [5.41, 5.74) is 1.02. The number of pyridine rings is 1. The van der Waals surface area contributed by atoms with Crippen molar-refractivity contribution in [1.82, 2.24) is 10.3 Å². The number of hydrogen-bond donors (Lipinski definition) is 1. The fourth-order valence-corrected chi connectivity index (χ4v) is 3.30. The first kappa shape index (κ1) is 19.1. The molecule has 8 heteroatoms. The predicted molar refractivity (Wildman–Crippen MR) is 108 cm³/mol. The van der Waals surface area contributed by atoms with E-state index in [0.29, 0.717) is 24.8 Å². The van der Waals surface area contributed by atoms with Crippen molar-refractivity contribution in [3.05, 3.63) is 17.8 Å². The molecule has 0 bridgehead atoms. The average Bonchev–Trinajstić information content (AvgIpc) is 3.47. The quantitative estimate of drug-likeness (QED) is 0.570. The molecule has 162 valence electrons. The van der Waals surface area contributed by atoms with Crippen molar-refractivity contribution >= 4 is 11.6 Å². The van der Waals surface area contributed by atoms with Crippen LogP contribution in [0.4, 0.5) is 10.1 Å². The van der Waals surface area contributed by atoms with Gasteiger partial charge in [0.05, 0.1) is 28.1 Å².